The quantitative estimate of drug-likeness (QED) is 0.584. The molecule has 0 aliphatic heterocycles. The molecule has 0 saturated heterocycles. The van der Waals surface area contributed by atoms with Crippen molar-refractivity contribution in [3.8, 4) is 0 Å². The lowest BCUT2D eigenvalue weighted by Crippen LogP contribution is -2.14. The van der Waals surface area contributed by atoms with Gasteiger partial charge in [-0.3, -0.25) is 0 Å². The summed E-state index contributed by atoms with van der Waals surface area (Å²) < 4.78 is 0. The molecule has 13 heavy (non-hydrogen) atoms. The fraction of sp³-hybridized carbons (Fsp3) is 1.00. The van der Waals surface area contributed by atoms with Gasteiger partial charge in [0, 0.05) is 5.38 Å². The summed E-state index contributed by atoms with van der Waals surface area (Å²) >= 11 is 5.95. The van der Waals surface area contributed by atoms with E-state index in [9.17, 15) is 0 Å². The Balaban J connectivity index is 2.10. The second-order valence-corrected chi connectivity index (χ2v) is 5.40. The van der Waals surface area contributed by atoms with Crippen molar-refractivity contribution in [3.63, 3.8) is 0 Å². The Morgan fingerprint density at radius 2 is 1.69 bits per heavy atom. The second kappa shape index (κ2) is 5.90. The van der Waals surface area contributed by atoms with Gasteiger partial charge in [-0.15, -0.1) is 11.6 Å². The van der Waals surface area contributed by atoms with Gasteiger partial charge >= 0.3 is 0 Å². The van der Waals surface area contributed by atoms with E-state index in [1.807, 2.05) is 0 Å². The summed E-state index contributed by atoms with van der Waals surface area (Å²) in [5, 5.41) is 0.379. The number of hydrogen-bond donors (Lipinski definition) is 0. The van der Waals surface area contributed by atoms with Crippen LogP contribution in [0.2, 0.25) is 0 Å². The Kier molecular flexibility index (Phi) is 5.16. The Bertz CT molecular complexity index is 123. The highest BCUT2D eigenvalue weighted by molar-refractivity contribution is 6.20. The van der Waals surface area contributed by atoms with E-state index in [-0.39, 0.29) is 0 Å². The highest BCUT2D eigenvalue weighted by atomic mass is 35.5. The predicted octanol–water partition coefficient (Wildman–Crippen LogP) is 4.61. The first-order valence-corrected chi connectivity index (χ1v) is 6.30. The van der Waals surface area contributed by atoms with Crippen LogP contribution in [0, 0.1) is 11.8 Å². The van der Waals surface area contributed by atoms with Crippen LogP contribution < -0.4 is 0 Å². The lowest BCUT2D eigenvalue weighted by molar-refractivity contribution is 0.255. The molecular weight excluding hydrogens is 180 g/mol. The smallest absolute Gasteiger partial charge is 0.0307 e. The average molecular weight is 203 g/mol. The van der Waals surface area contributed by atoms with Gasteiger partial charge in [0.25, 0.3) is 0 Å². The van der Waals surface area contributed by atoms with E-state index in [2.05, 4.69) is 13.8 Å². The van der Waals surface area contributed by atoms with Gasteiger partial charge in [0.15, 0.2) is 0 Å². The van der Waals surface area contributed by atoms with Crippen LogP contribution in [0.25, 0.3) is 0 Å². The van der Waals surface area contributed by atoms with Crippen molar-refractivity contribution in [2.75, 3.05) is 0 Å². The minimum Gasteiger partial charge on any atom is -0.123 e. The fourth-order valence-electron chi connectivity index (χ4n) is 2.39. The maximum absolute atomic E-state index is 5.95. The molecular formula is C12H23Cl. The zero-order valence-corrected chi connectivity index (χ0v) is 9.82. The second-order valence-electron chi connectivity index (χ2n) is 4.65. The molecule has 1 aliphatic carbocycles. The number of halogens is 1. The van der Waals surface area contributed by atoms with Gasteiger partial charge in [0.05, 0.1) is 0 Å². The number of hydrogen-bond acceptors (Lipinski definition) is 0. The summed E-state index contributed by atoms with van der Waals surface area (Å²) in [6.07, 6.45) is 9.82. The molecule has 0 N–H and O–H groups in total. The van der Waals surface area contributed by atoms with Crippen molar-refractivity contribution >= 4 is 11.6 Å². The molecule has 1 aliphatic rings. The number of alkyl halides is 1. The van der Waals surface area contributed by atoms with Gasteiger partial charge < -0.3 is 0 Å². The molecule has 0 spiro atoms. The van der Waals surface area contributed by atoms with Crippen molar-refractivity contribution in [2.45, 2.75) is 64.2 Å². The van der Waals surface area contributed by atoms with Gasteiger partial charge in [0.1, 0.15) is 0 Å². The van der Waals surface area contributed by atoms with Crippen LogP contribution in [0.15, 0.2) is 0 Å². The molecule has 1 atom stereocenters. The van der Waals surface area contributed by atoms with Gasteiger partial charge in [-0.1, -0.05) is 39.0 Å². The third-order valence-corrected chi connectivity index (χ3v) is 3.73. The lowest BCUT2D eigenvalue weighted by atomic mass is 9.79. The molecule has 0 amide bonds. The molecule has 1 fully saturated rings. The summed E-state index contributed by atoms with van der Waals surface area (Å²) in [5.41, 5.74) is 0. The predicted molar refractivity (Wildman–Crippen MR) is 60.3 cm³/mol. The van der Waals surface area contributed by atoms with E-state index in [1.54, 1.807) is 0 Å². The highest BCUT2D eigenvalue weighted by Crippen LogP contribution is 2.33. The van der Waals surface area contributed by atoms with Crippen molar-refractivity contribution in [2.24, 2.45) is 11.8 Å². The third kappa shape index (κ3) is 4.35. The molecule has 0 aromatic carbocycles. The van der Waals surface area contributed by atoms with Crippen LogP contribution in [0.1, 0.15) is 58.8 Å². The summed E-state index contributed by atoms with van der Waals surface area (Å²) in [4.78, 5) is 0. The topological polar surface area (TPSA) is 0 Å². The van der Waals surface area contributed by atoms with Gasteiger partial charge in [-0.25, -0.2) is 0 Å². The molecule has 1 unspecified atom stereocenters. The summed E-state index contributed by atoms with van der Waals surface area (Å²) in [6, 6.07) is 0. The van der Waals surface area contributed by atoms with E-state index < -0.39 is 0 Å². The van der Waals surface area contributed by atoms with Gasteiger partial charge in [-0.05, 0) is 31.6 Å². The lowest BCUT2D eigenvalue weighted by Gasteiger charge is -2.27. The summed E-state index contributed by atoms with van der Waals surface area (Å²) in [6.45, 7) is 4.44. The van der Waals surface area contributed by atoms with Crippen molar-refractivity contribution in [1.29, 1.82) is 0 Å². The normalized spacial score (nSPS) is 31.6. The van der Waals surface area contributed by atoms with Crippen LogP contribution in [0.3, 0.4) is 0 Å². The van der Waals surface area contributed by atoms with Crippen LogP contribution in [-0.2, 0) is 0 Å². The van der Waals surface area contributed by atoms with Gasteiger partial charge in [0.2, 0.25) is 0 Å². The molecule has 1 saturated carbocycles. The monoisotopic (exact) mass is 202 g/mol. The Labute approximate surface area is 88.1 Å². The SMILES string of the molecule is CCC1CCC(CCC(C)Cl)CC1. The third-order valence-electron chi connectivity index (χ3n) is 3.52. The van der Waals surface area contributed by atoms with Crippen molar-refractivity contribution in [1.82, 2.24) is 0 Å². The van der Waals surface area contributed by atoms with Crippen LogP contribution in [0.5, 0.6) is 0 Å². The molecule has 0 aromatic rings. The van der Waals surface area contributed by atoms with E-state index >= 15 is 0 Å². The molecule has 0 aromatic heterocycles. The maximum Gasteiger partial charge on any atom is 0.0307 e. The van der Waals surface area contributed by atoms with E-state index in [4.69, 9.17) is 11.6 Å². The van der Waals surface area contributed by atoms with Crippen LogP contribution >= 0.6 is 11.6 Å². The maximum atomic E-state index is 5.95. The van der Waals surface area contributed by atoms with E-state index in [0.717, 1.165) is 11.8 Å². The Morgan fingerprint density at radius 1 is 1.15 bits per heavy atom. The van der Waals surface area contributed by atoms with E-state index in [1.165, 1.54) is 44.9 Å². The van der Waals surface area contributed by atoms with Gasteiger partial charge in [-0.2, -0.15) is 0 Å². The fourth-order valence-corrected chi connectivity index (χ4v) is 2.52. The zero-order chi connectivity index (χ0) is 9.68. The molecule has 0 nitrogen and oxygen atoms in total. The molecule has 0 radical (unpaired) electrons. The Morgan fingerprint density at radius 3 is 2.15 bits per heavy atom. The average Bonchev–Trinajstić information content (AvgIpc) is 2.15. The standard InChI is InChI=1S/C12H23Cl/c1-3-11-6-8-12(9-7-11)5-4-10(2)13/h10-12H,3-9H2,1-2H3. The molecule has 1 rings (SSSR count). The first kappa shape index (κ1) is 11.4. The highest BCUT2D eigenvalue weighted by Gasteiger charge is 2.19. The minimum atomic E-state index is 0.379. The van der Waals surface area contributed by atoms with Crippen LogP contribution in [0.4, 0.5) is 0 Å². The molecule has 0 heterocycles. The molecule has 0 bridgehead atoms. The largest absolute Gasteiger partial charge is 0.123 e. The minimum absolute atomic E-state index is 0.379. The van der Waals surface area contributed by atoms with Crippen LogP contribution in [-0.4, -0.2) is 5.38 Å². The molecule has 78 valence electrons. The first-order valence-electron chi connectivity index (χ1n) is 5.86. The Hall–Kier alpha value is 0.290. The molecule has 1 heteroatoms. The van der Waals surface area contributed by atoms with Crippen molar-refractivity contribution in [3.05, 3.63) is 0 Å². The number of rotatable bonds is 4. The first-order chi connectivity index (χ1) is 6.22. The van der Waals surface area contributed by atoms with E-state index in [0.29, 0.717) is 5.38 Å². The zero-order valence-electron chi connectivity index (χ0n) is 9.06. The van der Waals surface area contributed by atoms with Crippen molar-refractivity contribution < 1.29 is 0 Å². The summed E-state index contributed by atoms with van der Waals surface area (Å²) in [5.74, 6) is 2.02. The summed E-state index contributed by atoms with van der Waals surface area (Å²) in [7, 11) is 0.